The third-order valence-corrected chi connectivity index (χ3v) is 12.1. The molecule has 73 heavy (non-hydrogen) atoms. The molecule has 4 heterocycles. The van der Waals surface area contributed by atoms with Crippen molar-refractivity contribution in [3.8, 4) is 22.3 Å². The van der Waals surface area contributed by atoms with Gasteiger partial charge in [0.05, 0.1) is 11.1 Å². The monoisotopic (exact) mass is 1020 g/mol. The number of benzene rings is 4. The quantitative estimate of drug-likeness (QED) is 0.102. The van der Waals surface area contributed by atoms with E-state index in [1.165, 1.54) is 60.3 Å². The van der Waals surface area contributed by atoms with E-state index >= 15 is 0 Å². The Balaban J connectivity index is 0.000000194. The predicted octanol–water partition coefficient (Wildman–Crippen LogP) is 3.47. The molecule has 0 spiro atoms. The number of aromatic nitrogens is 4. The standard InChI is InChI=1S/C25H20FN5O4.C14H15N3O2.C11H7FN2O3.CH4.ClH/c26-17-5-3-15(4-6-17)18-11-28-23(30-24(18)34)25(35)29-10-13-1-2-14-7-8-31(12-16(14)9-13)20-19(27)21(32)22(20)33;15-6-8-1-2-9-3-4-17(7-10(9)5-8)12-11(16)13(18)14(12)19;12-7-3-1-6(2-4-7)8-5-13-9(11(16)17)14-10(8)15;;/h1-6,9,11H,7-8,10,12,27H2,(H,29,35)(H,28,30,34);1-2,5H,3-4,6-7,15-16H2;1-5H,(H,16,17)(H,13,14,15);1H4;1H. The molecule has 2 aliphatic heterocycles. The number of nitrogens with zero attached hydrogens (tertiary/aromatic N) is 4. The summed E-state index contributed by atoms with van der Waals surface area (Å²) in [7, 11) is 0. The first kappa shape index (κ1) is 53.4. The summed E-state index contributed by atoms with van der Waals surface area (Å²) in [5.74, 6) is -3.27. The molecule has 0 fully saturated rings. The molecule has 0 bridgehead atoms. The lowest BCUT2D eigenvalue weighted by molar-refractivity contribution is 0.0682. The summed E-state index contributed by atoms with van der Waals surface area (Å²) in [5.41, 5.74) is 22.2. The molecule has 0 aliphatic carbocycles. The average Bonchev–Trinajstić information content (AvgIpc) is 3.38. The number of carboxylic acid groups (broad SMARTS) is 1. The second-order valence-electron chi connectivity index (χ2n) is 16.5. The van der Waals surface area contributed by atoms with E-state index in [2.05, 4.69) is 37.4 Å². The number of nitrogens with one attached hydrogen (secondary N) is 3. The van der Waals surface area contributed by atoms with Gasteiger partial charge in [-0.25, -0.2) is 23.5 Å². The van der Waals surface area contributed by atoms with Crippen LogP contribution in [-0.4, -0.2) is 50.0 Å². The van der Waals surface area contributed by atoms with Gasteiger partial charge in [0.15, 0.2) is 5.82 Å². The molecule has 10 N–H and O–H groups in total. The normalized spacial score (nSPS) is 12.4. The summed E-state index contributed by atoms with van der Waals surface area (Å²) in [6.07, 6.45) is 3.97. The SMILES string of the molecule is C.Cl.NCc1ccc2c(c1)CN(c1c(N)c(=O)c1=O)CC2.Nc1c(N2CCc3ccc(CNC(=O)c4ncc(-c5ccc(F)cc5)c(=O)[nH]4)cc3C2)c(=O)c1=O.O=C(O)c1ncc(-c2ccc(F)cc2)c(=O)[nH]1. The highest BCUT2D eigenvalue weighted by molar-refractivity contribution is 5.90. The van der Waals surface area contributed by atoms with Gasteiger partial charge in [0, 0.05) is 51.7 Å². The van der Waals surface area contributed by atoms with Gasteiger partial charge >= 0.3 is 5.97 Å². The number of carbonyl (C=O) groups is 2. The Morgan fingerprint density at radius 1 is 0.616 bits per heavy atom. The molecular formula is C51H47ClF2N10O9. The van der Waals surface area contributed by atoms with Crippen molar-refractivity contribution < 1.29 is 23.5 Å². The molecule has 0 unspecified atom stereocenters. The Kier molecular flexibility index (Phi) is 16.4. The highest BCUT2D eigenvalue weighted by Crippen LogP contribution is 2.28. The summed E-state index contributed by atoms with van der Waals surface area (Å²) in [5, 5.41) is 11.4. The number of hydrogen-bond donors (Lipinski definition) is 7. The van der Waals surface area contributed by atoms with E-state index in [-0.39, 0.29) is 60.4 Å². The van der Waals surface area contributed by atoms with Gasteiger partial charge < -0.3 is 47.4 Å². The lowest BCUT2D eigenvalue weighted by atomic mass is 9.96. The third-order valence-electron chi connectivity index (χ3n) is 12.1. The average molecular weight is 1020 g/mol. The van der Waals surface area contributed by atoms with Gasteiger partial charge in [0.1, 0.15) is 34.4 Å². The number of hydrogen-bond acceptors (Lipinski definition) is 15. The van der Waals surface area contributed by atoms with Crippen LogP contribution in [-0.2, 0) is 39.0 Å². The zero-order chi connectivity index (χ0) is 50.7. The third kappa shape index (κ3) is 11.3. The fourth-order valence-corrected chi connectivity index (χ4v) is 8.21. The molecule has 2 aromatic heterocycles. The topological polar surface area (TPSA) is 311 Å². The smallest absolute Gasteiger partial charge is 0.372 e. The number of carbonyl (C=O) groups excluding carboxylic acids is 1. The maximum atomic E-state index is 13.1. The molecular weight excluding hydrogens is 970 g/mol. The lowest BCUT2D eigenvalue weighted by Gasteiger charge is -2.32. The summed E-state index contributed by atoms with van der Waals surface area (Å²) in [4.78, 5) is 109. The number of nitrogens with two attached hydrogens (primary N) is 3. The number of rotatable bonds is 9. The minimum atomic E-state index is -1.31. The van der Waals surface area contributed by atoms with Gasteiger partial charge in [-0.1, -0.05) is 68.1 Å². The van der Waals surface area contributed by atoms with Crippen LogP contribution in [0.4, 0.5) is 31.5 Å². The number of aromatic carboxylic acids is 1. The number of halogens is 3. The van der Waals surface area contributed by atoms with E-state index in [0.29, 0.717) is 56.0 Å². The maximum Gasteiger partial charge on any atom is 0.372 e. The molecule has 376 valence electrons. The van der Waals surface area contributed by atoms with Crippen LogP contribution in [0.15, 0.2) is 126 Å². The number of amides is 1. The van der Waals surface area contributed by atoms with Crippen LogP contribution in [0.5, 0.6) is 0 Å². The van der Waals surface area contributed by atoms with E-state index in [0.717, 1.165) is 40.4 Å². The fraction of sp³-hybridized carbons (Fsp3) is 0.176. The Hall–Kier alpha value is -8.95. The molecule has 1 amide bonds. The van der Waals surface area contributed by atoms with Crippen molar-refractivity contribution in [2.24, 2.45) is 5.73 Å². The van der Waals surface area contributed by atoms with Gasteiger partial charge in [-0.15, -0.1) is 12.4 Å². The van der Waals surface area contributed by atoms with Crippen molar-refractivity contribution in [2.45, 2.75) is 46.4 Å². The molecule has 19 nitrogen and oxygen atoms in total. The fourth-order valence-electron chi connectivity index (χ4n) is 8.21. The van der Waals surface area contributed by atoms with Crippen LogP contribution in [0.3, 0.4) is 0 Å². The van der Waals surface area contributed by atoms with Crippen molar-refractivity contribution >= 4 is 47.0 Å². The summed E-state index contributed by atoms with van der Waals surface area (Å²) < 4.78 is 25.8. The molecule has 10 rings (SSSR count). The summed E-state index contributed by atoms with van der Waals surface area (Å²) in [6, 6.07) is 22.6. The number of nitrogen functional groups attached to an aromatic ring is 2. The van der Waals surface area contributed by atoms with Crippen molar-refractivity contribution in [3.05, 3.63) is 216 Å². The first-order valence-corrected chi connectivity index (χ1v) is 21.8. The summed E-state index contributed by atoms with van der Waals surface area (Å²) >= 11 is 0. The van der Waals surface area contributed by atoms with E-state index in [9.17, 15) is 47.1 Å². The minimum Gasteiger partial charge on any atom is -0.475 e. The van der Waals surface area contributed by atoms with Crippen LogP contribution < -0.4 is 65.2 Å². The van der Waals surface area contributed by atoms with Crippen molar-refractivity contribution in [1.29, 1.82) is 0 Å². The molecule has 0 saturated carbocycles. The zero-order valence-electron chi connectivity index (χ0n) is 37.8. The molecule has 8 aromatic rings. The molecule has 6 aromatic carbocycles. The van der Waals surface area contributed by atoms with Gasteiger partial charge in [-0.2, -0.15) is 0 Å². The Morgan fingerprint density at radius 2 is 1.04 bits per heavy atom. The Morgan fingerprint density at radius 3 is 1.47 bits per heavy atom. The van der Waals surface area contributed by atoms with Crippen LogP contribution in [0, 0.1) is 11.6 Å². The first-order valence-electron chi connectivity index (χ1n) is 21.8. The van der Waals surface area contributed by atoms with E-state index in [4.69, 9.17) is 22.3 Å². The van der Waals surface area contributed by atoms with Gasteiger partial charge in [0.2, 0.25) is 5.82 Å². The van der Waals surface area contributed by atoms with Crippen LogP contribution >= 0.6 is 12.4 Å². The molecule has 2 aliphatic rings. The van der Waals surface area contributed by atoms with Crippen molar-refractivity contribution in [1.82, 2.24) is 25.3 Å². The van der Waals surface area contributed by atoms with Crippen molar-refractivity contribution in [3.63, 3.8) is 0 Å². The highest BCUT2D eigenvalue weighted by atomic mass is 35.5. The van der Waals surface area contributed by atoms with Gasteiger partial charge in [-0.05, 0) is 81.6 Å². The largest absolute Gasteiger partial charge is 0.475 e. The number of anilines is 4. The number of H-pyrrole nitrogens is 2. The van der Waals surface area contributed by atoms with Crippen LogP contribution in [0.25, 0.3) is 22.3 Å². The first-order chi connectivity index (χ1) is 34.0. The Bertz CT molecular complexity index is 3640. The van der Waals surface area contributed by atoms with Crippen LogP contribution in [0.1, 0.15) is 62.0 Å². The minimum absolute atomic E-state index is 0. The highest BCUT2D eigenvalue weighted by Gasteiger charge is 2.28. The number of carboxylic acids is 1. The van der Waals surface area contributed by atoms with Gasteiger partial charge in [-0.3, -0.25) is 33.6 Å². The predicted molar refractivity (Wildman–Crippen MR) is 274 cm³/mol. The van der Waals surface area contributed by atoms with Gasteiger partial charge in [0.25, 0.3) is 38.7 Å². The van der Waals surface area contributed by atoms with Crippen LogP contribution in [0.2, 0.25) is 0 Å². The summed E-state index contributed by atoms with van der Waals surface area (Å²) in [6.45, 7) is 3.03. The number of aromatic amines is 2. The van der Waals surface area contributed by atoms with E-state index in [1.54, 1.807) is 4.90 Å². The molecule has 0 saturated heterocycles. The van der Waals surface area contributed by atoms with E-state index < -0.39 is 62.2 Å². The number of fused-ring (bicyclic) bond motifs is 2. The van der Waals surface area contributed by atoms with E-state index in [1.807, 2.05) is 29.2 Å². The lowest BCUT2D eigenvalue weighted by Crippen LogP contribution is -2.44. The van der Waals surface area contributed by atoms with Crippen molar-refractivity contribution in [2.75, 3.05) is 34.4 Å². The maximum absolute atomic E-state index is 13.1. The molecule has 0 atom stereocenters. The second-order valence-corrected chi connectivity index (χ2v) is 16.5. The second kappa shape index (κ2) is 22.4. The zero-order valence-corrected chi connectivity index (χ0v) is 38.6. The Labute approximate surface area is 418 Å². The molecule has 22 heteroatoms. The molecule has 0 radical (unpaired) electrons.